The first-order chi connectivity index (χ1) is 26.2. The molecule has 0 aliphatic heterocycles. The van der Waals surface area contributed by atoms with E-state index in [0.717, 1.165) is 47.9 Å². The van der Waals surface area contributed by atoms with Gasteiger partial charge in [-0.2, -0.15) is 0 Å². The van der Waals surface area contributed by atoms with Crippen LogP contribution in [0.3, 0.4) is 0 Å². The molecule has 0 amide bonds. The fourth-order valence-corrected chi connectivity index (χ4v) is 11.7. The second-order valence-electron chi connectivity index (χ2n) is 16.4. The Morgan fingerprint density at radius 2 is 1.02 bits per heavy atom. The summed E-state index contributed by atoms with van der Waals surface area (Å²) in [4.78, 5) is 2.44. The van der Waals surface area contributed by atoms with Crippen LogP contribution in [0.2, 0.25) is 0 Å². The van der Waals surface area contributed by atoms with Crippen molar-refractivity contribution >= 4 is 22.6 Å². The maximum Gasteiger partial charge on any atom is 0.0539 e. The highest BCUT2D eigenvalue weighted by molar-refractivity contribution is 5.90. The third kappa shape index (κ3) is 4.90. The maximum atomic E-state index is 2.54. The number of allylic oxidation sites excluding steroid dienone is 4. The standard InChI is InChI=1S/C52H45N/c1-3-11-37(12-4-1)38-19-24-44(25-20-38)53(51-18-10-8-15-46(51)40-13-5-2-6-14-40)45-26-21-39(22-27-45)41-23-28-50-48(34-41)47-16-7-9-17-49(47)52(50)42-30-35-29-36(32-42)33-43(52)31-35/h1,3-5,7-28,34-36,42-43H,2,6,29-33H2. The third-order valence-electron chi connectivity index (χ3n) is 13.7. The van der Waals surface area contributed by atoms with Gasteiger partial charge < -0.3 is 4.90 Å². The summed E-state index contributed by atoms with van der Waals surface area (Å²) in [7, 11) is 0. The topological polar surface area (TPSA) is 3.24 Å². The summed E-state index contributed by atoms with van der Waals surface area (Å²) in [6, 6.07) is 54.9. The van der Waals surface area contributed by atoms with Gasteiger partial charge in [0.15, 0.2) is 0 Å². The van der Waals surface area contributed by atoms with E-state index in [2.05, 4.69) is 169 Å². The van der Waals surface area contributed by atoms with Gasteiger partial charge in [0, 0.05) is 22.4 Å². The van der Waals surface area contributed by atoms with E-state index in [0.29, 0.717) is 0 Å². The minimum absolute atomic E-state index is 0.217. The first kappa shape index (κ1) is 31.2. The molecule has 12 rings (SSSR count). The molecule has 0 saturated heterocycles. The van der Waals surface area contributed by atoms with E-state index in [-0.39, 0.29) is 5.41 Å². The number of benzene rings is 6. The predicted molar refractivity (Wildman–Crippen MR) is 222 cm³/mol. The number of rotatable bonds is 6. The van der Waals surface area contributed by atoms with Crippen LogP contribution in [0.5, 0.6) is 0 Å². The fraction of sp³-hybridized carbons (Fsp3) is 0.231. The lowest BCUT2D eigenvalue weighted by molar-refractivity contribution is -0.0399. The number of fused-ring (bicyclic) bond motifs is 3. The van der Waals surface area contributed by atoms with Crippen LogP contribution in [0.15, 0.2) is 164 Å². The number of nitrogens with zero attached hydrogens (tertiary/aromatic N) is 1. The Labute approximate surface area is 314 Å². The quantitative estimate of drug-likeness (QED) is 0.169. The van der Waals surface area contributed by atoms with Crippen LogP contribution in [0.25, 0.3) is 39.0 Å². The highest BCUT2D eigenvalue weighted by Crippen LogP contribution is 2.69. The van der Waals surface area contributed by atoms with E-state index in [4.69, 9.17) is 0 Å². The third-order valence-corrected chi connectivity index (χ3v) is 13.7. The summed E-state index contributed by atoms with van der Waals surface area (Å²) in [5.74, 6) is 3.51. The molecule has 6 aliphatic rings. The zero-order valence-corrected chi connectivity index (χ0v) is 30.3. The second-order valence-corrected chi connectivity index (χ2v) is 16.4. The molecular formula is C52H45N. The molecule has 0 radical (unpaired) electrons. The molecule has 0 unspecified atom stereocenters. The van der Waals surface area contributed by atoms with E-state index in [1.54, 1.807) is 11.1 Å². The summed E-state index contributed by atoms with van der Waals surface area (Å²) in [6.07, 6.45) is 16.4. The molecule has 4 fully saturated rings. The zero-order valence-electron chi connectivity index (χ0n) is 30.3. The summed E-state index contributed by atoms with van der Waals surface area (Å²) in [5, 5.41) is 0. The van der Waals surface area contributed by atoms with Crippen LogP contribution in [-0.4, -0.2) is 0 Å². The largest absolute Gasteiger partial charge is 0.310 e. The average Bonchev–Trinajstić information content (AvgIpc) is 3.51. The molecule has 0 atom stereocenters. The molecule has 53 heavy (non-hydrogen) atoms. The minimum atomic E-state index is 0.217. The summed E-state index contributed by atoms with van der Waals surface area (Å²) >= 11 is 0. The van der Waals surface area contributed by atoms with Gasteiger partial charge in [0.2, 0.25) is 0 Å². The second kappa shape index (κ2) is 12.3. The first-order valence-electron chi connectivity index (χ1n) is 20.0. The normalized spacial score (nSPS) is 24.6. The molecule has 4 bridgehead atoms. The highest BCUT2D eigenvalue weighted by Gasteiger charge is 2.61. The predicted octanol–water partition coefficient (Wildman–Crippen LogP) is 13.9. The molecule has 1 heteroatoms. The number of anilines is 3. The van der Waals surface area contributed by atoms with Gasteiger partial charge in [0.25, 0.3) is 0 Å². The van der Waals surface area contributed by atoms with Crippen LogP contribution in [-0.2, 0) is 5.41 Å². The van der Waals surface area contributed by atoms with Crippen molar-refractivity contribution in [3.63, 3.8) is 0 Å². The monoisotopic (exact) mass is 683 g/mol. The van der Waals surface area contributed by atoms with Gasteiger partial charge in [-0.25, -0.2) is 0 Å². The molecule has 258 valence electrons. The zero-order chi connectivity index (χ0) is 34.9. The van der Waals surface area contributed by atoms with Crippen molar-refractivity contribution in [3.8, 4) is 33.4 Å². The van der Waals surface area contributed by atoms with E-state index < -0.39 is 0 Å². The summed E-state index contributed by atoms with van der Waals surface area (Å²) < 4.78 is 0. The molecule has 0 aromatic heterocycles. The van der Waals surface area contributed by atoms with Crippen molar-refractivity contribution in [2.45, 2.75) is 50.4 Å². The van der Waals surface area contributed by atoms with Gasteiger partial charge >= 0.3 is 0 Å². The van der Waals surface area contributed by atoms with Gasteiger partial charge in [-0.1, -0.05) is 127 Å². The number of hydrogen-bond donors (Lipinski definition) is 0. The number of para-hydroxylation sites is 1. The molecule has 6 aromatic rings. The van der Waals surface area contributed by atoms with Crippen LogP contribution >= 0.6 is 0 Å². The number of hydrogen-bond acceptors (Lipinski definition) is 1. The van der Waals surface area contributed by atoms with E-state index in [9.17, 15) is 0 Å². The van der Waals surface area contributed by atoms with Gasteiger partial charge in [-0.05, 0) is 155 Å². The molecule has 6 aliphatic carbocycles. The fourth-order valence-electron chi connectivity index (χ4n) is 11.7. The van der Waals surface area contributed by atoms with Gasteiger partial charge in [-0.15, -0.1) is 0 Å². The first-order valence-corrected chi connectivity index (χ1v) is 20.0. The molecule has 0 heterocycles. The minimum Gasteiger partial charge on any atom is -0.310 e. The van der Waals surface area contributed by atoms with Crippen molar-refractivity contribution in [2.75, 3.05) is 4.90 Å². The van der Waals surface area contributed by atoms with Crippen molar-refractivity contribution in [3.05, 3.63) is 181 Å². The molecular weight excluding hydrogens is 639 g/mol. The van der Waals surface area contributed by atoms with E-state index in [1.165, 1.54) is 82.3 Å². The lowest BCUT2D eigenvalue weighted by Gasteiger charge is -2.61. The average molecular weight is 684 g/mol. The molecule has 1 spiro atoms. The Balaban J connectivity index is 0.989. The smallest absolute Gasteiger partial charge is 0.0539 e. The Kier molecular flexibility index (Phi) is 7.26. The molecule has 4 saturated carbocycles. The lowest BCUT2D eigenvalue weighted by atomic mass is 9.43. The molecule has 1 nitrogen and oxygen atoms in total. The Bertz CT molecular complexity index is 2370. The van der Waals surface area contributed by atoms with Crippen LogP contribution < -0.4 is 4.90 Å². The van der Waals surface area contributed by atoms with Gasteiger partial charge in [0.05, 0.1) is 5.69 Å². The molecule has 0 N–H and O–H groups in total. The van der Waals surface area contributed by atoms with Crippen molar-refractivity contribution in [1.82, 2.24) is 0 Å². The maximum absolute atomic E-state index is 2.54. The Morgan fingerprint density at radius 1 is 0.453 bits per heavy atom. The van der Waals surface area contributed by atoms with Crippen molar-refractivity contribution < 1.29 is 0 Å². The van der Waals surface area contributed by atoms with E-state index >= 15 is 0 Å². The Hall–Kier alpha value is -5.40. The van der Waals surface area contributed by atoms with Crippen molar-refractivity contribution in [2.24, 2.45) is 23.7 Å². The SMILES string of the molecule is C1=CC(c2ccccc2N(c2ccc(-c3ccccc3)cc2)c2ccc(-c3ccc4c(c3)-c3ccccc3C43C4CC5CC(C4)CC3C5)cc2)=CCC1. The van der Waals surface area contributed by atoms with E-state index in [1.807, 2.05) is 0 Å². The lowest BCUT2D eigenvalue weighted by Crippen LogP contribution is -2.55. The molecule has 6 aromatic carbocycles. The Morgan fingerprint density at radius 3 is 1.70 bits per heavy atom. The van der Waals surface area contributed by atoms with Crippen LogP contribution in [0.4, 0.5) is 17.1 Å². The van der Waals surface area contributed by atoms with Crippen LogP contribution in [0.1, 0.15) is 61.6 Å². The van der Waals surface area contributed by atoms with Gasteiger partial charge in [0.1, 0.15) is 0 Å². The summed E-state index contributed by atoms with van der Waals surface area (Å²) in [6.45, 7) is 0. The van der Waals surface area contributed by atoms with Gasteiger partial charge in [-0.3, -0.25) is 0 Å². The van der Waals surface area contributed by atoms with Crippen molar-refractivity contribution in [1.29, 1.82) is 0 Å². The summed E-state index contributed by atoms with van der Waals surface area (Å²) in [5.41, 5.74) is 17.5. The van der Waals surface area contributed by atoms with Crippen LogP contribution in [0, 0.1) is 23.7 Å². The highest BCUT2D eigenvalue weighted by atomic mass is 15.1.